The number of carbonyl (C=O) groups excluding carboxylic acids is 1. The quantitative estimate of drug-likeness (QED) is 0.447. The highest BCUT2D eigenvalue weighted by Crippen LogP contribution is 2.25. The van der Waals surface area contributed by atoms with Crippen LogP contribution in [-0.4, -0.2) is 21.2 Å². The summed E-state index contributed by atoms with van der Waals surface area (Å²) in [7, 11) is -2.21. The lowest BCUT2D eigenvalue weighted by Gasteiger charge is -2.20. The monoisotopic (exact) mass is 401 g/mol. The summed E-state index contributed by atoms with van der Waals surface area (Å²) in [5.41, 5.74) is 1.59. The van der Waals surface area contributed by atoms with Gasteiger partial charge in [0.1, 0.15) is 0 Å². The molecule has 4 rings (SSSR count). The maximum absolute atomic E-state index is 13.1. The van der Waals surface area contributed by atoms with E-state index in [1.54, 1.807) is 54.6 Å². The molecule has 4 nitrogen and oxygen atoms in total. The van der Waals surface area contributed by atoms with Gasteiger partial charge in [-0.3, -0.25) is 9.10 Å². The van der Waals surface area contributed by atoms with Gasteiger partial charge in [-0.05, 0) is 47.2 Å². The molecule has 5 heteroatoms. The van der Waals surface area contributed by atoms with Crippen LogP contribution < -0.4 is 4.31 Å². The first-order valence-corrected chi connectivity index (χ1v) is 10.6. The third kappa shape index (κ3) is 3.65. The number of ketones is 1. The summed E-state index contributed by atoms with van der Waals surface area (Å²) in [6, 6.07) is 28.3. The molecule has 0 aromatic heterocycles. The van der Waals surface area contributed by atoms with Crippen LogP contribution in [0.3, 0.4) is 0 Å². The Morgan fingerprint density at radius 3 is 1.97 bits per heavy atom. The Kier molecular flexibility index (Phi) is 4.91. The molecular formula is C24H19NO3S. The second kappa shape index (κ2) is 7.53. The largest absolute Gasteiger partial charge is 0.289 e. The second-order valence-electron chi connectivity index (χ2n) is 6.72. The Hall–Kier alpha value is -3.44. The van der Waals surface area contributed by atoms with Gasteiger partial charge < -0.3 is 0 Å². The van der Waals surface area contributed by atoms with Crippen molar-refractivity contribution in [2.24, 2.45) is 0 Å². The topological polar surface area (TPSA) is 54.5 Å². The summed E-state index contributed by atoms with van der Waals surface area (Å²) in [4.78, 5) is 12.8. The molecule has 144 valence electrons. The normalized spacial score (nSPS) is 11.3. The van der Waals surface area contributed by atoms with Crippen molar-refractivity contribution in [2.45, 2.75) is 4.90 Å². The number of sulfonamides is 1. The molecule has 0 bridgehead atoms. The highest BCUT2D eigenvalue weighted by molar-refractivity contribution is 7.92. The van der Waals surface area contributed by atoms with Crippen LogP contribution in [0, 0.1) is 0 Å². The molecule has 0 atom stereocenters. The van der Waals surface area contributed by atoms with Crippen molar-refractivity contribution < 1.29 is 13.2 Å². The molecule has 0 unspecified atom stereocenters. The van der Waals surface area contributed by atoms with Crippen molar-refractivity contribution in [3.63, 3.8) is 0 Å². The van der Waals surface area contributed by atoms with Crippen LogP contribution in [0.15, 0.2) is 102 Å². The lowest BCUT2D eigenvalue weighted by atomic mass is 10.0. The molecule has 0 saturated carbocycles. The molecule has 0 fully saturated rings. The lowest BCUT2D eigenvalue weighted by molar-refractivity contribution is 0.103. The van der Waals surface area contributed by atoms with E-state index in [-0.39, 0.29) is 10.7 Å². The average Bonchev–Trinajstić information content (AvgIpc) is 2.78. The molecule has 0 spiro atoms. The van der Waals surface area contributed by atoms with E-state index in [9.17, 15) is 13.2 Å². The fourth-order valence-electron chi connectivity index (χ4n) is 3.20. The van der Waals surface area contributed by atoms with E-state index in [4.69, 9.17) is 0 Å². The number of hydrogen-bond acceptors (Lipinski definition) is 3. The van der Waals surface area contributed by atoms with Crippen molar-refractivity contribution in [3.8, 4) is 0 Å². The number of rotatable bonds is 5. The number of carbonyl (C=O) groups is 1. The van der Waals surface area contributed by atoms with Gasteiger partial charge in [-0.1, -0.05) is 60.7 Å². The van der Waals surface area contributed by atoms with E-state index in [1.165, 1.54) is 11.4 Å². The van der Waals surface area contributed by atoms with Gasteiger partial charge in [0.05, 0.1) is 10.6 Å². The zero-order chi connectivity index (χ0) is 20.4. The number of anilines is 1. The molecule has 0 N–H and O–H groups in total. The van der Waals surface area contributed by atoms with Crippen molar-refractivity contribution in [1.82, 2.24) is 0 Å². The molecule has 0 saturated heterocycles. The van der Waals surface area contributed by atoms with Crippen LogP contribution in [0.2, 0.25) is 0 Å². The van der Waals surface area contributed by atoms with Crippen LogP contribution in [0.1, 0.15) is 15.9 Å². The fraction of sp³-hybridized carbons (Fsp3) is 0.0417. The van der Waals surface area contributed by atoms with E-state index in [0.29, 0.717) is 16.8 Å². The van der Waals surface area contributed by atoms with Crippen molar-refractivity contribution in [1.29, 1.82) is 0 Å². The first-order valence-electron chi connectivity index (χ1n) is 9.14. The number of fused-ring (bicyclic) bond motifs is 1. The van der Waals surface area contributed by atoms with Gasteiger partial charge >= 0.3 is 0 Å². The average molecular weight is 401 g/mol. The zero-order valence-corrected chi connectivity index (χ0v) is 16.6. The molecule has 29 heavy (non-hydrogen) atoms. The fourth-order valence-corrected chi connectivity index (χ4v) is 4.44. The molecule has 0 radical (unpaired) electrons. The number of nitrogens with zero attached hydrogens (tertiary/aromatic N) is 1. The van der Waals surface area contributed by atoms with Crippen LogP contribution >= 0.6 is 0 Å². The van der Waals surface area contributed by atoms with Gasteiger partial charge in [0.15, 0.2) is 5.78 Å². The standard InChI is InChI=1S/C24H19NO3S/c1-25(29(27,28)23-16-13-18-7-5-6-10-21(18)17-23)22-14-11-20(12-15-22)24(26)19-8-3-2-4-9-19/h2-17H,1H3. The first kappa shape index (κ1) is 18.9. The van der Waals surface area contributed by atoms with Crippen LogP contribution in [-0.2, 0) is 10.0 Å². The summed E-state index contributed by atoms with van der Waals surface area (Å²) >= 11 is 0. The molecular weight excluding hydrogens is 382 g/mol. The van der Waals surface area contributed by atoms with Crippen molar-refractivity contribution in [2.75, 3.05) is 11.4 Å². The third-order valence-corrected chi connectivity index (χ3v) is 6.69. The Morgan fingerprint density at radius 1 is 0.690 bits per heavy atom. The van der Waals surface area contributed by atoms with Gasteiger partial charge in [0.2, 0.25) is 0 Å². The van der Waals surface area contributed by atoms with Gasteiger partial charge in [0.25, 0.3) is 10.0 Å². The predicted octanol–water partition coefficient (Wildman–Crippen LogP) is 4.90. The summed E-state index contributed by atoms with van der Waals surface area (Å²) in [6.45, 7) is 0. The summed E-state index contributed by atoms with van der Waals surface area (Å²) in [5.74, 6) is -0.0998. The SMILES string of the molecule is CN(c1ccc(C(=O)c2ccccc2)cc1)S(=O)(=O)c1ccc2ccccc2c1. The van der Waals surface area contributed by atoms with Crippen LogP contribution in [0.4, 0.5) is 5.69 Å². The predicted molar refractivity (Wildman–Crippen MR) is 116 cm³/mol. The molecule has 0 aliphatic rings. The third-order valence-electron chi connectivity index (χ3n) is 4.91. The van der Waals surface area contributed by atoms with Crippen LogP contribution in [0.25, 0.3) is 10.8 Å². The minimum atomic E-state index is -3.72. The van der Waals surface area contributed by atoms with Crippen molar-refractivity contribution in [3.05, 3.63) is 108 Å². The molecule has 0 amide bonds. The Bertz CT molecular complexity index is 1280. The molecule has 0 heterocycles. The van der Waals surface area contributed by atoms with E-state index < -0.39 is 10.0 Å². The highest BCUT2D eigenvalue weighted by Gasteiger charge is 2.22. The van der Waals surface area contributed by atoms with E-state index in [1.807, 2.05) is 42.5 Å². The highest BCUT2D eigenvalue weighted by atomic mass is 32.2. The Labute approximate surface area is 170 Å². The number of benzene rings is 4. The minimum Gasteiger partial charge on any atom is -0.289 e. The molecule has 4 aromatic carbocycles. The summed E-state index contributed by atoms with van der Waals surface area (Å²) in [6.07, 6.45) is 0. The summed E-state index contributed by atoms with van der Waals surface area (Å²) in [5, 5.41) is 1.85. The lowest BCUT2D eigenvalue weighted by Crippen LogP contribution is -2.26. The van der Waals surface area contributed by atoms with Gasteiger partial charge in [0, 0.05) is 18.2 Å². The van der Waals surface area contributed by atoms with Gasteiger partial charge in [-0.25, -0.2) is 8.42 Å². The van der Waals surface area contributed by atoms with Gasteiger partial charge in [-0.2, -0.15) is 0 Å². The van der Waals surface area contributed by atoms with Crippen molar-refractivity contribution >= 4 is 32.3 Å². The maximum atomic E-state index is 13.1. The Balaban J connectivity index is 1.62. The smallest absolute Gasteiger partial charge is 0.264 e. The van der Waals surface area contributed by atoms with Gasteiger partial charge in [-0.15, -0.1) is 0 Å². The first-order chi connectivity index (χ1) is 14.0. The molecule has 0 aliphatic carbocycles. The number of hydrogen-bond donors (Lipinski definition) is 0. The molecule has 4 aromatic rings. The summed E-state index contributed by atoms with van der Waals surface area (Å²) < 4.78 is 27.4. The van der Waals surface area contributed by atoms with E-state index in [2.05, 4.69) is 0 Å². The molecule has 0 aliphatic heterocycles. The minimum absolute atomic E-state index is 0.0998. The van der Waals surface area contributed by atoms with Crippen LogP contribution in [0.5, 0.6) is 0 Å². The van der Waals surface area contributed by atoms with E-state index >= 15 is 0 Å². The Morgan fingerprint density at radius 2 is 1.28 bits per heavy atom. The van der Waals surface area contributed by atoms with E-state index in [0.717, 1.165) is 10.8 Å². The zero-order valence-electron chi connectivity index (χ0n) is 15.8. The second-order valence-corrected chi connectivity index (χ2v) is 8.69. The maximum Gasteiger partial charge on any atom is 0.264 e.